The van der Waals surface area contributed by atoms with Gasteiger partial charge in [-0.3, -0.25) is 4.99 Å². The Kier molecular flexibility index (Phi) is 1.51. The van der Waals surface area contributed by atoms with Crippen molar-refractivity contribution in [1.29, 1.82) is 0 Å². The average molecular weight is 171 g/mol. The average Bonchev–Trinajstić information content (AvgIpc) is 2.65. The van der Waals surface area contributed by atoms with Gasteiger partial charge in [0.15, 0.2) is 0 Å². The summed E-state index contributed by atoms with van der Waals surface area (Å²) in [4.78, 5) is 4.56. The van der Waals surface area contributed by atoms with E-state index < -0.39 is 0 Å². The lowest BCUT2D eigenvalue weighted by molar-refractivity contribution is 0.552. The molecule has 2 aliphatic carbocycles. The summed E-state index contributed by atoms with van der Waals surface area (Å²) in [5.74, 6) is 1.36. The number of hydrogen-bond donors (Lipinski definition) is 0. The van der Waals surface area contributed by atoms with E-state index in [0.29, 0.717) is 5.92 Å². The van der Waals surface area contributed by atoms with E-state index in [-0.39, 0.29) is 0 Å². The standard InChI is InChI=1S/C12H13N/c1-2-4-10-9(3-1)5-6-12-11(10)7-8-13-12/h1-5,10-11H,6-8H2. The van der Waals surface area contributed by atoms with Gasteiger partial charge >= 0.3 is 0 Å². The fourth-order valence-electron chi connectivity index (χ4n) is 2.60. The molecule has 0 aromatic heterocycles. The first kappa shape index (κ1) is 7.31. The molecular weight excluding hydrogens is 158 g/mol. The number of fused-ring (bicyclic) bond motifs is 3. The zero-order valence-corrected chi connectivity index (χ0v) is 7.61. The van der Waals surface area contributed by atoms with Crippen LogP contribution in [0.1, 0.15) is 12.8 Å². The number of hydrogen-bond acceptors (Lipinski definition) is 1. The van der Waals surface area contributed by atoms with E-state index >= 15 is 0 Å². The van der Waals surface area contributed by atoms with Gasteiger partial charge in [-0.2, -0.15) is 0 Å². The van der Waals surface area contributed by atoms with Crippen LogP contribution in [0.15, 0.2) is 40.9 Å². The Morgan fingerprint density at radius 1 is 1.31 bits per heavy atom. The van der Waals surface area contributed by atoms with Gasteiger partial charge in [0.1, 0.15) is 0 Å². The highest BCUT2D eigenvalue weighted by Crippen LogP contribution is 2.37. The summed E-state index contributed by atoms with van der Waals surface area (Å²) in [5.41, 5.74) is 2.95. The Hall–Kier alpha value is -1.11. The SMILES string of the molecule is C1=CC2=CCC3=NCCC3C2C=C1. The van der Waals surface area contributed by atoms with Crippen LogP contribution in [0.4, 0.5) is 0 Å². The van der Waals surface area contributed by atoms with Gasteiger partial charge in [0.05, 0.1) is 0 Å². The van der Waals surface area contributed by atoms with E-state index in [2.05, 4.69) is 35.4 Å². The molecule has 0 amide bonds. The van der Waals surface area contributed by atoms with Crippen LogP contribution >= 0.6 is 0 Å². The number of allylic oxidation sites excluding steroid dienone is 6. The summed E-state index contributed by atoms with van der Waals surface area (Å²) in [6, 6.07) is 0. The van der Waals surface area contributed by atoms with Crippen LogP contribution in [0, 0.1) is 11.8 Å². The first-order valence-electron chi connectivity index (χ1n) is 5.03. The van der Waals surface area contributed by atoms with Gasteiger partial charge in [-0.15, -0.1) is 0 Å². The molecule has 1 heteroatoms. The van der Waals surface area contributed by atoms with Crippen LogP contribution in [0.5, 0.6) is 0 Å². The Balaban J connectivity index is 2.02. The highest BCUT2D eigenvalue weighted by molar-refractivity contribution is 5.91. The van der Waals surface area contributed by atoms with Crippen molar-refractivity contribution in [2.45, 2.75) is 12.8 Å². The van der Waals surface area contributed by atoms with Crippen molar-refractivity contribution in [2.75, 3.05) is 6.54 Å². The molecule has 0 saturated carbocycles. The second-order valence-electron chi connectivity index (χ2n) is 3.95. The minimum atomic E-state index is 0.639. The van der Waals surface area contributed by atoms with Crippen LogP contribution in [-0.2, 0) is 0 Å². The molecule has 0 fully saturated rings. The van der Waals surface area contributed by atoms with Gasteiger partial charge in [0.25, 0.3) is 0 Å². The quantitative estimate of drug-likeness (QED) is 0.531. The van der Waals surface area contributed by atoms with Gasteiger partial charge in [-0.25, -0.2) is 0 Å². The second kappa shape index (κ2) is 2.69. The molecule has 0 aromatic carbocycles. The first-order valence-corrected chi connectivity index (χ1v) is 5.03. The Morgan fingerprint density at radius 2 is 2.31 bits per heavy atom. The van der Waals surface area contributed by atoms with Crippen LogP contribution in [0.2, 0.25) is 0 Å². The zero-order valence-electron chi connectivity index (χ0n) is 7.61. The summed E-state index contributed by atoms with van der Waals surface area (Å²) in [6.07, 6.45) is 13.6. The predicted molar refractivity (Wildman–Crippen MR) is 54.9 cm³/mol. The van der Waals surface area contributed by atoms with E-state index in [1.54, 1.807) is 0 Å². The van der Waals surface area contributed by atoms with Gasteiger partial charge < -0.3 is 0 Å². The van der Waals surface area contributed by atoms with Crippen LogP contribution in [0.25, 0.3) is 0 Å². The third-order valence-corrected chi connectivity index (χ3v) is 3.27. The van der Waals surface area contributed by atoms with Crippen molar-refractivity contribution in [2.24, 2.45) is 16.8 Å². The van der Waals surface area contributed by atoms with Gasteiger partial charge in [0.2, 0.25) is 0 Å². The number of nitrogens with zero attached hydrogens (tertiary/aromatic N) is 1. The topological polar surface area (TPSA) is 12.4 Å². The third kappa shape index (κ3) is 1.03. The number of rotatable bonds is 0. The zero-order chi connectivity index (χ0) is 8.67. The van der Waals surface area contributed by atoms with E-state index in [9.17, 15) is 0 Å². The van der Waals surface area contributed by atoms with E-state index in [0.717, 1.165) is 18.9 Å². The first-order chi connectivity index (χ1) is 6.45. The predicted octanol–water partition coefficient (Wildman–Crippen LogP) is 2.52. The molecule has 0 bridgehead atoms. The summed E-state index contributed by atoms with van der Waals surface area (Å²) >= 11 is 0. The summed E-state index contributed by atoms with van der Waals surface area (Å²) in [7, 11) is 0. The molecule has 0 spiro atoms. The van der Waals surface area contributed by atoms with E-state index in [1.165, 1.54) is 17.7 Å². The number of aliphatic imine (C=N–C) groups is 1. The lowest BCUT2D eigenvalue weighted by Gasteiger charge is -2.28. The lowest BCUT2D eigenvalue weighted by atomic mass is 9.75. The molecule has 66 valence electrons. The van der Waals surface area contributed by atoms with Crippen molar-refractivity contribution in [3.8, 4) is 0 Å². The van der Waals surface area contributed by atoms with Crippen molar-refractivity contribution >= 4 is 5.71 Å². The normalized spacial score (nSPS) is 35.1. The maximum atomic E-state index is 4.56. The Labute approximate surface area is 78.6 Å². The molecular formula is C12H13N. The van der Waals surface area contributed by atoms with Crippen LogP contribution < -0.4 is 0 Å². The minimum absolute atomic E-state index is 0.639. The molecule has 1 heterocycles. The Bertz CT molecular complexity index is 344. The molecule has 1 nitrogen and oxygen atoms in total. The minimum Gasteiger partial charge on any atom is -0.293 e. The molecule has 2 unspecified atom stereocenters. The molecule has 0 radical (unpaired) electrons. The van der Waals surface area contributed by atoms with Gasteiger partial charge in [0, 0.05) is 30.5 Å². The monoisotopic (exact) mass is 171 g/mol. The second-order valence-corrected chi connectivity index (χ2v) is 3.95. The van der Waals surface area contributed by atoms with Crippen LogP contribution in [0.3, 0.4) is 0 Å². The van der Waals surface area contributed by atoms with E-state index in [1.807, 2.05) is 0 Å². The fraction of sp³-hybridized carbons (Fsp3) is 0.417. The molecule has 13 heavy (non-hydrogen) atoms. The van der Waals surface area contributed by atoms with Crippen LogP contribution in [-0.4, -0.2) is 12.3 Å². The van der Waals surface area contributed by atoms with E-state index in [4.69, 9.17) is 0 Å². The van der Waals surface area contributed by atoms with Crippen molar-refractivity contribution in [3.05, 3.63) is 36.0 Å². The van der Waals surface area contributed by atoms with Crippen molar-refractivity contribution in [3.63, 3.8) is 0 Å². The lowest BCUT2D eigenvalue weighted by Crippen LogP contribution is -2.24. The highest BCUT2D eigenvalue weighted by atomic mass is 14.8. The summed E-state index contributed by atoms with van der Waals surface area (Å²) < 4.78 is 0. The Morgan fingerprint density at radius 3 is 3.31 bits per heavy atom. The summed E-state index contributed by atoms with van der Waals surface area (Å²) in [6.45, 7) is 1.05. The fourth-order valence-corrected chi connectivity index (χ4v) is 2.60. The third-order valence-electron chi connectivity index (χ3n) is 3.27. The molecule has 0 N–H and O–H groups in total. The molecule has 1 aliphatic heterocycles. The van der Waals surface area contributed by atoms with Gasteiger partial charge in [-0.1, -0.05) is 30.4 Å². The smallest absolute Gasteiger partial charge is 0.0395 e. The molecule has 3 rings (SSSR count). The maximum Gasteiger partial charge on any atom is 0.0395 e. The highest BCUT2D eigenvalue weighted by Gasteiger charge is 2.32. The largest absolute Gasteiger partial charge is 0.293 e. The molecule has 0 aromatic rings. The van der Waals surface area contributed by atoms with Crippen molar-refractivity contribution in [1.82, 2.24) is 0 Å². The van der Waals surface area contributed by atoms with Crippen molar-refractivity contribution < 1.29 is 0 Å². The summed E-state index contributed by atoms with van der Waals surface area (Å²) in [5, 5.41) is 0. The maximum absolute atomic E-state index is 4.56. The van der Waals surface area contributed by atoms with Gasteiger partial charge in [-0.05, 0) is 12.0 Å². The molecule has 2 atom stereocenters. The molecule has 0 saturated heterocycles. The molecule has 3 aliphatic rings.